The molecule has 1 heterocycles. The van der Waals surface area contributed by atoms with Crippen molar-refractivity contribution in [3.05, 3.63) is 61.4 Å². The summed E-state index contributed by atoms with van der Waals surface area (Å²) in [5, 5.41) is 0. The van der Waals surface area contributed by atoms with E-state index in [0.29, 0.717) is 11.3 Å². The number of anilines is 1. The zero-order valence-corrected chi connectivity index (χ0v) is 8.99. The highest BCUT2D eigenvalue weighted by molar-refractivity contribution is 5.60. The molecule has 3 rings (SSSR count). The minimum atomic E-state index is -0.328. The van der Waals surface area contributed by atoms with Crippen LogP contribution in [0.2, 0.25) is 0 Å². The topological polar surface area (TPSA) is 37.4 Å². The van der Waals surface area contributed by atoms with Crippen molar-refractivity contribution < 1.29 is 0 Å². The SMILES string of the molecule is Cc1c(N2Cc3ccccc3C2)c(=O)c1=O. The highest BCUT2D eigenvalue weighted by atomic mass is 16.2. The van der Waals surface area contributed by atoms with Gasteiger partial charge in [0.15, 0.2) is 0 Å². The first-order valence-electron chi connectivity index (χ1n) is 5.30. The highest BCUT2D eigenvalue weighted by Crippen LogP contribution is 2.27. The van der Waals surface area contributed by atoms with Crippen LogP contribution >= 0.6 is 0 Å². The third-order valence-electron chi connectivity index (χ3n) is 3.27. The van der Waals surface area contributed by atoms with E-state index in [-0.39, 0.29) is 10.9 Å². The Morgan fingerprint density at radius 2 is 1.56 bits per heavy atom. The monoisotopic (exact) mass is 213 g/mol. The van der Waals surface area contributed by atoms with Gasteiger partial charge in [0.25, 0.3) is 0 Å². The summed E-state index contributed by atoms with van der Waals surface area (Å²) in [6, 6.07) is 8.13. The van der Waals surface area contributed by atoms with Gasteiger partial charge in [-0.3, -0.25) is 9.59 Å². The lowest BCUT2D eigenvalue weighted by Crippen LogP contribution is -2.40. The molecular weight excluding hydrogens is 202 g/mol. The Bertz CT molecular complexity index is 610. The molecule has 0 radical (unpaired) electrons. The lowest BCUT2D eigenvalue weighted by atomic mass is 10.1. The van der Waals surface area contributed by atoms with E-state index in [4.69, 9.17) is 0 Å². The van der Waals surface area contributed by atoms with Crippen LogP contribution < -0.4 is 15.8 Å². The van der Waals surface area contributed by atoms with E-state index in [1.807, 2.05) is 17.0 Å². The molecule has 0 fully saturated rings. The van der Waals surface area contributed by atoms with Crippen LogP contribution in [0.5, 0.6) is 0 Å². The van der Waals surface area contributed by atoms with E-state index in [1.54, 1.807) is 6.92 Å². The van der Waals surface area contributed by atoms with E-state index in [2.05, 4.69) is 12.1 Å². The maximum atomic E-state index is 11.5. The highest BCUT2D eigenvalue weighted by Gasteiger charge is 2.27. The van der Waals surface area contributed by atoms with Crippen molar-refractivity contribution in [3.8, 4) is 0 Å². The molecule has 16 heavy (non-hydrogen) atoms. The van der Waals surface area contributed by atoms with Crippen LogP contribution in [0.3, 0.4) is 0 Å². The first-order chi connectivity index (χ1) is 7.68. The van der Waals surface area contributed by atoms with Crippen LogP contribution in [0, 0.1) is 6.92 Å². The molecule has 0 aliphatic carbocycles. The second-order valence-electron chi connectivity index (χ2n) is 4.26. The van der Waals surface area contributed by atoms with E-state index in [1.165, 1.54) is 11.1 Å². The zero-order valence-electron chi connectivity index (χ0n) is 8.99. The Morgan fingerprint density at radius 3 is 2.06 bits per heavy atom. The van der Waals surface area contributed by atoms with Gasteiger partial charge in [-0.1, -0.05) is 24.3 Å². The average Bonchev–Trinajstić information content (AvgIpc) is 2.71. The molecule has 0 atom stereocenters. The lowest BCUT2D eigenvalue weighted by molar-refractivity contribution is 0.858. The van der Waals surface area contributed by atoms with Gasteiger partial charge in [-0.2, -0.15) is 0 Å². The number of rotatable bonds is 1. The summed E-state index contributed by atoms with van der Waals surface area (Å²) in [5.74, 6) is 0. The Balaban J connectivity index is 1.99. The minimum Gasteiger partial charge on any atom is -0.359 e. The fraction of sp³-hybridized carbons (Fsp3) is 0.231. The molecule has 1 aliphatic heterocycles. The maximum Gasteiger partial charge on any atom is 0.249 e. The molecule has 0 amide bonds. The lowest BCUT2D eigenvalue weighted by Gasteiger charge is -2.20. The quantitative estimate of drug-likeness (QED) is 0.666. The summed E-state index contributed by atoms with van der Waals surface area (Å²) in [4.78, 5) is 24.6. The molecule has 0 N–H and O–H groups in total. The van der Waals surface area contributed by atoms with Crippen molar-refractivity contribution in [2.45, 2.75) is 20.0 Å². The second-order valence-corrected chi connectivity index (χ2v) is 4.26. The van der Waals surface area contributed by atoms with Crippen LogP contribution in [-0.2, 0) is 13.1 Å². The molecule has 1 aliphatic rings. The number of nitrogens with zero attached hydrogens (tertiary/aromatic N) is 1. The summed E-state index contributed by atoms with van der Waals surface area (Å²) in [7, 11) is 0. The first kappa shape index (κ1) is 9.33. The van der Waals surface area contributed by atoms with Gasteiger partial charge in [-0.15, -0.1) is 0 Å². The molecule has 0 saturated heterocycles. The van der Waals surface area contributed by atoms with Crippen LogP contribution in [-0.4, -0.2) is 0 Å². The van der Waals surface area contributed by atoms with Crippen LogP contribution in [0.1, 0.15) is 16.7 Å². The van der Waals surface area contributed by atoms with Gasteiger partial charge in [-0.25, -0.2) is 0 Å². The van der Waals surface area contributed by atoms with Gasteiger partial charge in [-0.05, 0) is 18.1 Å². The van der Waals surface area contributed by atoms with Gasteiger partial charge < -0.3 is 4.90 Å². The van der Waals surface area contributed by atoms with Crippen LogP contribution in [0.25, 0.3) is 0 Å². The predicted octanol–water partition coefficient (Wildman–Crippen LogP) is 1.11. The predicted molar refractivity (Wildman–Crippen MR) is 62.4 cm³/mol. The molecule has 0 bridgehead atoms. The molecule has 0 spiro atoms. The Morgan fingerprint density at radius 1 is 1.00 bits per heavy atom. The maximum absolute atomic E-state index is 11.5. The number of hydrogen-bond donors (Lipinski definition) is 0. The second kappa shape index (κ2) is 3.04. The Kier molecular flexibility index (Phi) is 1.78. The summed E-state index contributed by atoms with van der Waals surface area (Å²) < 4.78 is 0. The van der Waals surface area contributed by atoms with E-state index >= 15 is 0 Å². The first-order valence-corrected chi connectivity index (χ1v) is 5.30. The van der Waals surface area contributed by atoms with Crippen LogP contribution in [0.4, 0.5) is 5.69 Å². The standard InChI is InChI=1S/C13H11NO2/c1-8-11(13(16)12(8)15)14-6-9-4-2-3-5-10(9)7-14/h2-5H,6-7H2,1H3. The van der Waals surface area contributed by atoms with Crippen molar-refractivity contribution in [2.75, 3.05) is 4.90 Å². The molecule has 0 saturated carbocycles. The van der Waals surface area contributed by atoms with Gasteiger partial charge in [0, 0.05) is 18.7 Å². The van der Waals surface area contributed by atoms with Gasteiger partial charge >= 0.3 is 0 Å². The fourth-order valence-corrected chi connectivity index (χ4v) is 2.37. The Hall–Kier alpha value is -1.90. The summed E-state index contributed by atoms with van der Waals surface area (Å²) in [6.45, 7) is 3.20. The smallest absolute Gasteiger partial charge is 0.249 e. The molecule has 2 aromatic carbocycles. The summed E-state index contributed by atoms with van der Waals surface area (Å²) in [5.41, 5.74) is 3.06. The third-order valence-corrected chi connectivity index (χ3v) is 3.27. The van der Waals surface area contributed by atoms with E-state index < -0.39 is 0 Å². The zero-order chi connectivity index (χ0) is 11.3. The third kappa shape index (κ3) is 1.08. The molecular formula is C13H11NO2. The van der Waals surface area contributed by atoms with Gasteiger partial charge in [0.05, 0.1) is 5.69 Å². The number of fused-ring (bicyclic) bond motifs is 1. The molecule has 0 unspecified atom stereocenters. The number of hydrogen-bond acceptors (Lipinski definition) is 3. The molecule has 0 aromatic heterocycles. The van der Waals surface area contributed by atoms with E-state index in [0.717, 1.165) is 13.1 Å². The van der Waals surface area contributed by atoms with Gasteiger partial charge in [0.1, 0.15) is 0 Å². The largest absolute Gasteiger partial charge is 0.359 e. The van der Waals surface area contributed by atoms with Crippen molar-refractivity contribution >= 4 is 5.69 Å². The molecule has 3 heteroatoms. The van der Waals surface area contributed by atoms with E-state index in [9.17, 15) is 9.59 Å². The number of benzene rings is 1. The average molecular weight is 213 g/mol. The van der Waals surface area contributed by atoms with Crippen molar-refractivity contribution in [3.63, 3.8) is 0 Å². The summed E-state index contributed by atoms with van der Waals surface area (Å²) >= 11 is 0. The van der Waals surface area contributed by atoms with Gasteiger partial charge in [0.2, 0.25) is 10.9 Å². The fourth-order valence-electron chi connectivity index (χ4n) is 2.37. The molecule has 2 aromatic rings. The molecule has 80 valence electrons. The van der Waals surface area contributed by atoms with Crippen LogP contribution in [0.15, 0.2) is 33.9 Å². The van der Waals surface area contributed by atoms with Crippen molar-refractivity contribution in [1.82, 2.24) is 0 Å². The molecule has 3 nitrogen and oxygen atoms in total. The Labute approximate surface area is 92.6 Å². The van der Waals surface area contributed by atoms with Crippen molar-refractivity contribution in [2.24, 2.45) is 0 Å². The normalized spacial score (nSPS) is 14.4. The summed E-state index contributed by atoms with van der Waals surface area (Å²) in [6.07, 6.45) is 0. The minimum absolute atomic E-state index is 0.328. The van der Waals surface area contributed by atoms with Crippen molar-refractivity contribution in [1.29, 1.82) is 0 Å².